The summed E-state index contributed by atoms with van der Waals surface area (Å²) in [5.41, 5.74) is 5.51. The molecule has 0 spiro atoms. The maximum Gasteiger partial charge on any atom is 0.0419 e. The van der Waals surface area contributed by atoms with Crippen molar-refractivity contribution in [3.05, 3.63) is 59.4 Å². The zero-order valence-electron chi connectivity index (χ0n) is 11.0. The number of pyridine rings is 1. The zero-order valence-corrected chi connectivity index (χ0v) is 11.0. The van der Waals surface area contributed by atoms with Crippen LogP contribution < -0.4 is 10.6 Å². The Morgan fingerprint density at radius 2 is 2.05 bits per heavy atom. The smallest absolute Gasteiger partial charge is 0.0419 e. The Labute approximate surface area is 114 Å². The Hall–Kier alpha value is -1.87. The molecule has 98 valence electrons. The lowest BCUT2D eigenvalue weighted by Gasteiger charge is -2.10. The molecule has 0 radical (unpaired) electrons. The van der Waals surface area contributed by atoms with Gasteiger partial charge in [-0.1, -0.05) is 18.2 Å². The van der Waals surface area contributed by atoms with Gasteiger partial charge < -0.3 is 10.6 Å². The summed E-state index contributed by atoms with van der Waals surface area (Å²) in [6, 6.07) is 10.7. The maximum absolute atomic E-state index is 4.03. The first-order valence-corrected chi connectivity index (χ1v) is 6.88. The van der Waals surface area contributed by atoms with Gasteiger partial charge in [0.05, 0.1) is 0 Å². The molecular weight excluding hydrogens is 234 g/mol. The van der Waals surface area contributed by atoms with Gasteiger partial charge >= 0.3 is 0 Å². The van der Waals surface area contributed by atoms with Gasteiger partial charge in [0.25, 0.3) is 0 Å². The second-order valence-electron chi connectivity index (χ2n) is 4.91. The van der Waals surface area contributed by atoms with Gasteiger partial charge in [-0.05, 0) is 48.2 Å². The molecule has 1 aliphatic rings. The molecule has 2 aromatic rings. The highest BCUT2D eigenvalue weighted by molar-refractivity contribution is 5.61. The summed E-state index contributed by atoms with van der Waals surface area (Å²) in [6.45, 7) is 3.00. The van der Waals surface area contributed by atoms with E-state index in [2.05, 4.69) is 45.9 Å². The van der Waals surface area contributed by atoms with E-state index >= 15 is 0 Å². The summed E-state index contributed by atoms with van der Waals surface area (Å²) in [5, 5.41) is 7.00. The molecule has 2 heterocycles. The first kappa shape index (κ1) is 12.2. The number of hydrogen-bond acceptors (Lipinski definition) is 3. The van der Waals surface area contributed by atoms with Crippen molar-refractivity contribution in [1.82, 2.24) is 10.3 Å². The Bertz CT molecular complexity index is 537. The molecule has 0 amide bonds. The first-order chi connectivity index (χ1) is 9.43. The molecule has 1 aromatic heterocycles. The van der Waals surface area contributed by atoms with Crippen LogP contribution in [0.3, 0.4) is 0 Å². The van der Waals surface area contributed by atoms with Gasteiger partial charge in [-0.15, -0.1) is 0 Å². The number of nitrogens with one attached hydrogen (secondary N) is 2. The molecule has 0 fully saturated rings. The predicted octanol–water partition coefficient (Wildman–Crippen LogP) is 2.38. The standard InChI is InChI=1S/C16H19N3/c1-2-14-7-11-19-16(14)15(3-1)12-18-10-6-13-4-8-17-9-5-13/h1-5,8-9,18-19H,6-7,10-12H2. The molecule has 2 N–H and O–H groups in total. The molecule has 0 atom stereocenters. The molecule has 3 rings (SSSR count). The van der Waals surface area contributed by atoms with Crippen molar-refractivity contribution >= 4 is 5.69 Å². The second kappa shape index (κ2) is 5.85. The van der Waals surface area contributed by atoms with Gasteiger partial charge in [-0.25, -0.2) is 0 Å². The van der Waals surface area contributed by atoms with Gasteiger partial charge in [0.2, 0.25) is 0 Å². The molecule has 1 aromatic carbocycles. The monoisotopic (exact) mass is 253 g/mol. The van der Waals surface area contributed by atoms with Crippen molar-refractivity contribution in [2.24, 2.45) is 0 Å². The number of rotatable bonds is 5. The lowest BCUT2D eigenvalue weighted by Crippen LogP contribution is -2.17. The van der Waals surface area contributed by atoms with Crippen LogP contribution in [-0.4, -0.2) is 18.1 Å². The number of aromatic nitrogens is 1. The summed E-state index contributed by atoms with van der Waals surface area (Å²) < 4.78 is 0. The van der Waals surface area contributed by atoms with E-state index in [1.807, 2.05) is 12.4 Å². The number of para-hydroxylation sites is 1. The molecule has 0 saturated carbocycles. The third kappa shape index (κ3) is 2.93. The average Bonchev–Trinajstić information content (AvgIpc) is 2.94. The fourth-order valence-corrected chi connectivity index (χ4v) is 2.56. The Kier molecular flexibility index (Phi) is 3.75. The molecule has 0 bridgehead atoms. The largest absolute Gasteiger partial charge is 0.384 e. The normalized spacial score (nSPS) is 13.1. The van der Waals surface area contributed by atoms with Gasteiger partial charge in [0.1, 0.15) is 0 Å². The lowest BCUT2D eigenvalue weighted by molar-refractivity contribution is 0.687. The van der Waals surface area contributed by atoms with Crippen molar-refractivity contribution in [2.45, 2.75) is 19.4 Å². The van der Waals surface area contributed by atoms with Crippen molar-refractivity contribution in [2.75, 3.05) is 18.4 Å². The molecule has 0 saturated heterocycles. The van der Waals surface area contributed by atoms with Crippen LogP contribution >= 0.6 is 0 Å². The molecule has 0 unspecified atom stereocenters. The summed E-state index contributed by atoms with van der Waals surface area (Å²) >= 11 is 0. The number of benzene rings is 1. The highest BCUT2D eigenvalue weighted by Crippen LogP contribution is 2.26. The Morgan fingerprint density at radius 1 is 1.16 bits per heavy atom. The summed E-state index contributed by atoms with van der Waals surface area (Å²) in [4.78, 5) is 4.03. The van der Waals surface area contributed by atoms with Gasteiger partial charge in [-0.3, -0.25) is 4.98 Å². The summed E-state index contributed by atoms with van der Waals surface area (Å²) in [6.07, 6.45) is 5.90. The van der Waals surface area contributed by atoms with Gasteiger partial charge in [0.15, 0.2) is 0 Å². The molecular formula is C16H19N3. The number of anilines is 1. The number of nitrogens with zero attached hydrogens (tertiary/aromatic N) is 1. The van der Waals surface area contributed by atoms with Crippen LogP contribution in [0.25, 0.3) is 0 Å². The first-order valence-electron chi connectivity index (χ1n) is 6.88. The van der Waals surface area contributed by atoms with Crippen LogP contribution in [0.5, 0.6) is 0 Å². The van der Waals surface area contributed by atoms with Crippen LogP contribution in [0.2, 0.25) is 0 Å². The zero-order chi connectivity index (χ0) is 12.9. The molecule has 3 nitrogen and oxygen atoms in total. The number of hydrogen-bond donors (Lipinski definition) is 2. The SMILES string of the molecule is c1cc2c(c(CNCCc3ccncc3)c1)NCC2. The van der Waals surface area contributed by atoms with Crippen LogP contribution in [0, 0.1) is 0 Å². The van der Waals surface area contributed by atoms with E-state index in [-0.39, 0.29) is 0 Å². The molecule has 1 aliphatic heterocycles. The summed E-state index contributed by atoms with van der Waals surface area (Å²) in [5.74, 6) is 0. The Balaban J connectivity index is 1.52. The average molecular weight is 253 g/mol. The van der Waals surface area contributed by atoms with E-state index in [0.29, 0.717) is 0 Å². The summed E-state index contributed by atoms with van der Waals surface area (Å²) in [7, 11) is 0. The fraction of sp³-hybridized carbons (Fsp3) is 0.312. The Morgan fingerprint density at radius 3 is 2.95 bits per heavy atom. The molecule has 3 heteroatoms. The van der Waals surface area contributed by atoms with Crippen molar-refractivity contribution in [1.29, 1.82) is 0 Å². The number of fused-ring (bicyclic) bond motifs is 1. The van der Waals surface area contributed by atoms with Gasteiger partial charge in [-0.2, -0.15) is 0 Å². The molecule has 0 aliphatic carbocycles. The minimum Gasteiger partial charge on any atom is -0.384 e. The minimum atomic E-state index is 0.932. The minimum absolute atomic E-state index is 0.932. The molecule has 19 heavy (non-hydrogen) atoms. The van der Waals surface area contributed by atoms with Crippen LogP contribution in [0.15, 0.2) is 42.7 Å². The topological polar surface area (TPSA) is 37.0 Å². The highest BCUT2D eigenvalue weighted by Gasteiger charge is 2.12. The van der Waals surface area contributed by atoms with Crippen LogP contribution in [-0.2, 0) is 19.4 Å². The van der Waals surface area contributed by atoms with E-state index in [0.717, 1.165) is 32.5 Å². The predicted molar refractivity (Wildman–Crippen MR) is 78.3 cm³/mol. The lowest BCUT2D eigenvalue weighted by atomic mass is 10.1. The fourth-order valence-electron chi connectivity index (χ4n) is 2.56. The van der Waals surface area contributed by atoms with Gasteiger partial charge in [0, 0.05) is 31.2 Å². The van der Waals surface area contributed by atoms with E-state index in [9.17, 15) is 0 Å². The van der Waals surface area contributed by atoms with E-state index in [4.69, 9.17) is 0 Å². The van der Waals surface area contributed by atoms with E-state index < -0.39 is 0 Å². The highest BCUT2D eigenvalue weighted by atomic mass is 14.9. The quantitative estimate of drug-likeness (QED) is 0.803. The van der Waals surface area contributed by atoms with Crippen LogP contribution in [0.1, 0.15) is 16.7 Å². The second-order valence-corrected chi connectivity index (χ2v) is 4.91. The van der Waals surface area contributed by atoms with Crippen LogP contribution in [0.4, 0.5) is 5.69 Å². The van der Waals surface area contributed by atoms with E-state index in [1.54, 1.807) is 0 Å². The maximum atomic E-state index is 4.03. The van der Waals surface area contributed by atoms with Crippen molar-refractivity contribution < 1.29 is 0 Å². The van der Waals surface area contributed by atoms with Crippen molar-refractivity contribution in [3.8, 4) is 0 Å². The van der Waals surface area contributed by atoms with E-state index in [1.165, 1.54) is 22.4 Å². The van der Waals surface area contributed by atoms with Crippen molar-refractivity contribution in [3.63, 3.8) is 0 Å². The third-order valence-electron chi connectivity index (χ3n) is 3.59. The third-order valence-corrected chi connectivity index (χ3v) is 3.59.